The Balaban J connectivity index is 1.63. The molecule has 26 heavy (non-hydrogen) atoms. The highest BCUT2D eigenvalue weighted by molar-refractivity contribution is 9.10. The van der Waals surface area contributed by atoms with Gasteiger partial charge in [-0.15, -0.1) is 0 Å². The molecule has 1 fully saturated rings. The summed E-state index contributed by atoms with van der Waals surface area (Å²) in [6.45, 7) is 2.10. The molecule has 3 amide bonds. The Hall–Kier alpha value is -2.32. The number of rotatable bonds is 3. The fourth-order valence-corrected chi connectivity index (χ4v) is 3.47. The Labute approximate surface area is 164 Å². The third kappa shape index (κ3) is 4.08. The maximum Gasteiger partial charge on any atom is 0.322 e. The van der Waals surface area contributed by atoms with Gasteiger partial charge in [-0.1, -0.05) is 27.5 Å². The zero-order valence-corrected chi connectivity index (χ0v) is 16.1. The van der Waals surface area contributed by atoms with Crippen molar-refractivity contribution in [1.29, 1.82) is 0 Å². The summed E-state index contributed by atoms with van der Waals surface area (Å²) < 4.78 is 0.842. The number of benzene rings is 1. The SMILES string of the molecule is NC(=O)c1cccnc1N1CCN(C(=O)Nc2ccc(Br)cc2Cl)CC1. The normalized spacial score (nSPS) is 14.2. The second-order valence-corrected chi connectivity index (χ2v) is 7.09. The first-order valence-corrected chi connectivity index (χ1v) is 9.13. The summed E-state index contributed by atoms with van der Waals surface area (Å²) in [6.07, 6.45) is 1.62. The fraction of sp³-hybridized carbons (Fsp3) is 0.235. The van der Waals surface area contributed by atoms with Crippen LogP contribution in [-0.4, -0.2) is 48.0 Å². The standard InChI is InChI=1S/C17H17BrClN5O2/c18-11-3-4-14(13(19)10-11)22-17(26)24-8-6-23(7-9-24)16-12(15(20)25)2-1-5-21-16/h1-5,10H,6-9H2,(H2,20,25)(H,22,26). The third-order valence-corrected chi connectivity index (χ3v) is 4.90. The van der Waals surface area contributed by atoms with Gasteiger partial charge in [0.2, 0.25) is 0 Å². The molecule has 1 aromatic heterocycles. The van der Waals surface area contributed by atoms with Gasteiger partial charge in [0.05, 0.1) is 16.3 Å². The lowest BCUT2D eigenvalue weighted by Crippen LogP contribution is -2.50. The molecule has 2 heterocycles. The molecule has 0 bridgehead atoms. The van der Waals surface area contributed by atoms with E-state index in [1.165, 1.54) is 0 Å². The van der Waals surface area contributed by atoms with Gasteiger partial charge in [-0.05, 0) is 30.3 Å². The average Bonchev–Trinajstić information content (AvgIpc) is 2.64. The minimum Gasteiger partial charge on any atom is -0.365 e. The molecule has 9 heteroatoms. The van der Waals surface area contributed by atoms with Crippen molar-refractivity contribution >= 4 is 51.0 Å². The van der Waals surface area contributed by atoms with Gasteiger partial charge in [0, 0.05) is 36.8 Å². The number of pyridine rings is 1. The van der Waals surface area contributed by atoms with Crippen LogP contribution in [0.4, 0.5) is 16.3 Å². The van der Waals surface area contributed by atoms with E-state index in [0.29, 0.717) is 48.3 Å². The largest absolute Gasteiger partial charge is 0.365 e. The Morgan fingerprint density at radius 3 is 2.58 bits per heavy atom. The number of carbonyl (C=O) groups is 2. The van der Waals surface area contributed by atoms with E-state index < -0.39 is 5.91 Å². The predicted octanol–water partition coefficient (Wildman–Crippen LogP) is 2.95. The third-order valence-electron chi connectivity index (χ3n) is 4.09. The molecule has 0 unspecified atom stereocenters. The first-order chi connectivity index (χ1) is 12.5. The summed E-state index contributed by atoms with van der Waals surface area (Å²) in [5.74, 6) is 0.0363. The Bertz CT molecular complexity index is 840. The van der Waals surface area contributed by atoms with Crippen LogP contribution in [0.25, 0.3) is 0 Å². The number of halogens is 2. The number of anilines is 2. The van der Waals surface area contributed by atoms with Crippen molar-refractivity contribution in [3.63, 3.8) is 0 Å². The number of nitrogens with two attached hydrogens (primary N) is 1. The molecule has 3 N–H and O–H groups in total. The van der Waals surface area contributed by atoms with Crippen molar-refractivity contribution in [3.05, 3.63) is 51.6 Å². The lowest BCUT2D eigenvalue weighted by molar-refractivity contribution is 0.1000. The van der Waals surface area contributed by atoms with Gasteiger partial charge in [-0.25, -0.2) is 9.78 Å². The number of hydrogen-bond acceptors (Lipinski definition) is 4. The van der Waals surface area contributed by atoms with Crippen LogP contribution in [0.3, 0.4) is 0 Å². The lowest BCUT2D eigenvalue weighted by atomic mass is 10.2. The highest BCUT2D eigenvalue weighted by atomic mass is 79.9. The van der Waals surface area contributed by atoms with Crippen molar-refractivity contribution in [2.45, 2.75) is 0 Å². The molecule has 0 saturated carbocycles. The highest BCUT2D eigenvalue weighted by Gasteiger charge is 2.24. The number of amides is 3. The monoisotopic (exact) mass is 437 g/mol. The van der Waals surface area contributed by atoms with Crippen molar-refractivity contribution in [2.75, 3.05) is 36.4 Å². The number of aromatic nitrogens is 1. The molecule has 136 valence electrons. The Kier molecular flexibility index (Phi) is 5.63. The lowest BCUT2D eigenvalue weighted by Gasteiger charge is -2.35. The molecule has 2 aromatic rings. The van der Waals surface area contributed by atoms with Crippen molar-refractivity contribution in [3.8, 4) is 0 Å². The molecule has 3 rings (SSSR count). The summed E-state index contributed by atoms with van der Waals surface area (Å²) >= 11 is 9.47. The van der Waals surface area contributed by atoms with Crippen molar-refractivity contribution in [1.82, 2.24) is 9.88 Å². The van der Waals surface area contributed by atoms with Crippen LogP contribution < -0.4 is 16.0 Å². The van der Waals surface area contributed by atoms with E-state index in [1.807, 2.05) is 11.0 Å². The first-order valence-electron chi connectivity index (χ1n) is 7.96. The van der Waals surface area contributed by atoms with Crippen LogP contribution >= 0.6 is 27.5 Å². The topological polar surface area (TPSA) is 91.6 Å². The summed E-state index contributed by atoms with van der Waals surface area (Å²) in [5.41, 5.74) is 6.35. The first kappa shape index (κ1) is 18.5. The van der Waals surface area contributed by atoms with E-state index >= 15 is 0 Å². The van der Waals surface area contributed by atoms with E-state index in [2.05, 4.69) is 26.2 Å². The molecule has 7 nitrogen and oxygen atoms in total. The smallest absolute Gasteiger partial charge is 0.322 e. The van der Waals surface area contributed by atoms with E-state index in [0.717, 1.165) is 4.47 Å². The molecule has 0 spiro atoms. The number of carbonyl (C=O) groups excluding carboxylic acids is 2. The minimum absolute atomic E-state index is 0.218. The molecule has 1 aliphatic rings. The molecular weight excluding hydrogens is 422 g/mol. The zero-order valence-electron chi connectivity index (χ0n) is 13.8. The van der Waals surface area contributed by atoms with Crippen LogP contribution in [0.5, 0.6) is 0 Å². The Morgan fingerprint density at radius 2 is 1.92 bits per heavy atom. The summed E-state index contributed by atoms with van der Waals surface area (Å²) in [6, 6.07) is 8.39. The van der Waals surface area contributed by atoms with Crippen molar-refractivity contribution in [2.24, 2.45) is 5.73 Å². The number of primary amides is 1. The summed E-state index contributed by atoms with van der Waals surface area (Å²) in [4.78, 5) is 31.9. The number of piperazine rings is 1. The number of nitrogens with one attached hydrogen (secondary N) is 1. The van der Waals surface area contributed by atoms with Crippen LogP contribution in [0.1, 0.15) is 10.4 Å². The van der Waals surface area contributed by atoms with Crippen LogP contribution in [0.15, 0.2) is 41.0 Å². The summed E-state index contributed by atoms with van der Waals surface area (Å²) in [5, 5.41) is 3.28. The van der Waals surface area contributed by atoms with E-state index in [-0.39, 0.29) is 6.03 Å². The number of urea groups is 1. The van der Waals surface area contributed by atoms with Gasteiger partial charge >= 0.3 is 6.03 Å². The maximum atomic E-state index is 12.5. The minimum atomic E-state index is -0.516. The molecule has 0 radical (unpaired) electrons. The molecule has 0 atom stereocenters. The van der Waals surface area contributed by atoms with Crippen LogP contribution in [-0.2, 0) is 0 Å². The number of hydrogen-bond donors (Lipinski definition) is 2. The van der Waals surface area contributed by atoms with Crippen molar-refractivity contribution < 1.29 is 9.59 Å². The number of nitrogens with zero attached hydrogens (tertiary/aromatic N) is 3. The average molecular weight is 439 g/mol. The van der Waals surface area contributed by atoms with Gasteiger partial charge in [0.15, 0.2) is 0 Å². The maximum absolute atomic E-state index is 12.5. The molecule has 0 aliphatic carbocycles. The van der Waals surface area contributed by atoms with E-state index in [1.54, 1.807) is 35.4 Å². The van der Waals surface area contributed by atoms with Crippen LogP contribution in [0.2, 0.25) is 5.02 Å². The quantitative estimate of drug-likeness (QED) is 0.771. The second kappa shape index (κ2) is 7.92. The molecule has 1 aliphatic heterocycles. The van der Waals surface area contributed by atoms with Crippen LogP contribution in [0, 0.1) is 0 Å². The van der Waals surface area contributed by atoms with E-state index in [9.17, 15) is 9.59 Å². The van der Waals surface area contributed by atoms with Gasteiger partial charge in [0.25, 0.3) is 5.91 Å². The molecule has 1 aromatic carbocycles. The predicted molar refractivity (Wildman–Crippen MR) is 105 cm³/mol. The molecular formula is C17H17BrClN5O2. The van der Waals surface area contributed by atoms with Gasteiger partial charge in [-0.2, -0.15) is 0 Å². The second-order valence-electron chi connectivity index (χ2n) is 5.77. The Morgan fingerprint density at radius 1 is 1.19 bits per heavy atom. The van der Waals surface area contributed by atoms with Gasteiger partial charge in [0.1, 0.15) is 5.82 Å². The van der Waals surface area contributed by atoms with E-state index in [4.69, 9.17) is 17.3 Å². The summed E-state index contributed by atoms with van der Waals surface area (Å²) in [7, 11) is 0. The fourth-order valence-electron chi connectivity index (χ4n) is 2.75. The zero-order chi connectivity index (χ0) is 18.7. The van der Waals surface area contributed by atoms with Gasteiger partial charge in [-0.3, -0.25) is 4.79 Å². The van der Waals surface area contributed by atoms with Gasteiger partial charge < -0.3 is 20.9 Å². The highest BCUT2D eigenvalue weighted by Crippen LogP contribution is 2.26. The molecule has 1 saturated heterocycles.